The molecule has 7 nitrogen and oxygen atoms in total. The Morgan fingerprint density at radius 2 is 1.77 bits per heavy atom. The molecule has 1 N–H and O–H groups in total. The molecule has 0 unspecified atom stereocenters. The van der Waals surface area contributed by atoms with Crippen LogP contribution in [-0.4, -0.2) is 55.5 Å². The SMILES string of the molecule is Cc1ccc(C)c(N2C(=O)CN(S(C)(=O)=O)C[C@]2(C)C(=O)NC2CCCCCC2)c1. The normalized spacial score (nSPS) is 24.5. The number of piperazine rings is 1. The number of carbonyl (C=O) groups excluding carboxylic acids is 2. The molecule has 1 saturated carbocycles. The largest absolute Gasteiger partial charge is 0.351 e. The second-order valence-electron chi connectivity index (χ2n) is 8.99. The van der Waals surface area contributed by atoms with E-state index in [9.17, 15) is 18.0 Å². The molecule has 1 saturated heterocycles. The summed E-state index contributed by atoms with van der Waals surface area (Å²) in [5.41, 5.74) is 1.17. The molecule has 0 spiro atoms. The van der Waals surface area contributed by atoms with Gasteiger partial charge in [-0.2, -0.15) is 4.31 Å². The van der Waals surface area contributed by atoms with Gasteiger partial charge in [0.1, 0.15) is 5.54 Å². The first-order chi connectivity index (χ1) is 14.0. The van der Waals surface area contributed by atoms with Gasteiger partial charge < -0.3 is 5.32 Å². The van der Waals surface area contributed by atoms with Gasteiger partial charge in [0.05, 0.1) is 12.8 Å². The fourth-order valence-electron chi connectivity index (χ4n) is 4.50. The van der Waals surface area contributed by atoms with E-state index in [1.54, 1.807) is 6.92 Å². The van der Waals surface area contributed by atoms with Gasteiger partial charge in [-0.1, -0.05) is 37.8 Å². The molecule has 1 aliphatic heterocycles. The van der Waals surface area contributed by atoms with Gasteiger partial charge in [-0.05, 0) is 50.8 Å². The van der Waals surface area contributed by atoms with Crippen molar-refractivity contribution in [2.75, 3.05) is 24.2 Å². The van der Waals surface area contributed by atoms with Crippen LogP contribution in [-0.2, 0) is 19.6 Å². The van der Waals surface area contributed by atoms with Crippen LogP contribution in [0.1, 0.15) is 56.6 Å². The number of hydrogen-bond acceptors (Lipinski definition) is 4. The van der Waals surface area contributed by atoms with Crippen molar-refractivity contribution in [2.24, 2.45) is 0 Å². The monoisotopic (exact) mass is 435 g/mol. The number of amides is 2. The summed E-state index contributed by atoms with van der Waals surface area (Å²) in [6, 6.07) is 5.82. The number of nitrogens with one attached hydrogen (secondary N) is 1. The maximum Gasteiger partial charge on any atom is 0.247 e. The summed E-state index contributed by atoms with van der Waals surface area (Å²) in [4.78, 5) is 28.3. The highest BCUT2D eigenvalue weighted by atomic mass is 32.2. The minimum Gasteiger partial charge on any atom is -0.351 e. The second kappa shape index (κ2) is 8.67. The van der Waals surface area contributed by atoms with Crippen molar-refractivity contribution >= 4 is 27.5 Å². The van der Waals surface area contributed by atoms with Crippen molar-refractivity contribution in [1.29, 1.82) is 0 Å². The molecular weight excluding hydrogens is 402 g/mol. The third kappa shape index (κ3) is 4.70. The van der Waals surface area contributed by atoms with Crippen LogP contribution in [0, 0.1) is 13.8 Å². The molecule has 2 fully saturated rings. The van der Waals surface area contributed by atoms with E-state index in [4.69, 9.17) is 0 Å². The molecule has 0 aromatic heterocycles. The van der Waals surface area contributed by atoms with E-state index < -0.39 is 15.6 Å². The summed E-state index contributed by atoms with van der Waals surface area (Å²) >= 11 is 0. The Morgan fingerprint density at radius 1 is 1.13 bits per heavy atom. The molecule has 2 amide bonds. The van der Waals surface area contributed by atoms with Crippen LogP contribution in [0.15, 0.2) is 18.2 Å². The zero-order valence-electron chi connectivity index (χ0n) is 18.4. The lowest BCUT2D eigenvalue weighted by Crippen LogP contribution is -2.70. The number of carbonyl (C=O) groups is 2. The summed E-state index contributed by atoms with van der Waals surface area (Å²) in [5, 5.41) is 3.14. The van der Waals surface area contributed by atoms with Gasteiger partial charge in [0.15, 0.2) is 0 Å². The summed E-state index contributed by atoms with van der Waals surface area (Å²) in [5.74, 6) is -0.684. The van der Waals surface area contributed by atoms with Gasteiger partial charge in [0, 0.05) is 18.3 Å². The molecule has 1 atom stereocenters. The van der Waals surface area contributed by atoms with Crippen LogP contribution in [0.3, 0.4) is 0 Å². The maximum atomic E-state index is 13.6. The van der Waals surface area contributed by atoms with Crippen LogP contribution in [0.4, 0.5) is 5.69 Å². The Labute approximate surface area is 179 Å². The third-order valence-corrected chi connectivity index (χ3v) is 7.49. The quantitative estimate of drug-likeness (QED) is 0.736. The molecule has 1 aromatic carbocycles. The highest BCUT2D eigenvalue weighted by Gasteiger charge is 2.50. The van der Waals surface area contributed by atoms with Crippen LogP contribution >= 0.6 is 0 Å². The zero-order valence-corrected chi connectivity index (χ0v) is 19.2. The van der Waals surface area contributed by atoms with Gasteiger partial charge in [-0.3, -0.25) is 14.5 Å². The second-order valence-corrected chi connectivity index (χ2v) is 11.0. The molecule has 166 valence electrons. The van der Waals surface area contributed by atoms with E-state index in [0.717, 1.165) is 47.4 Å². The summed E-state index contributed by atoms with van der Waals surface area (Å²) in [6.07, 6.45) is 7.37. The van der Waals surface area contributed by atoms with Crippen LogP contribution in [0.2, 0.25) is 0 Å². The number of sulfonamides is 1. The average Bonchev–Trinajstić information content (AvgIpc) is 2.92. The van der Waals surface area contributed by atoms with Crippen LogP contribution < -0.4 is 10.2 Å². The lowest BCUT2D eigenvalue weighted by molar-refractivity contribution is -0.133. The molecule has 3 rings (SSSR count). The molecular formula is C22H33N3O4S. The fourth-order valence-corrected chi connectivity index (χ4v) is 5.33. The van der Waals surface area contributed by atoms with E-state index >= 15 is 0 Å². The predicted octanol–water partition coefficient (Wildman–Crippen LogP) is 2.51. The molecule has 1 heterocycles. The van der Waals surface area contributed by atoms with Crippen molar-refractivity contribution in [3.8, 4) is 0 Å². The predicted molar refractivity (Wildman–Crippen MR) is 118 cm³/mol. The minimum absolute atomic E-state index is 0.0565. The number of anilines is 1. The Hall–Kier alpha value is -1.93. The van der Waals surface area contributed by atoms with Gasteiger partial charge in [-0.25, -0.2) is 8.42 Å². The standard InChI is InChI=1S/C22H33N3O4S/c1-16-11-12-17(2)19(13-16)25-20(26)14-24(30(4,28)29)15-22(25,3)21(27)23-18-9-7-5-6-8-10-18/h11-13,18H,5-10,14-15H2,1-4H3,(H,23,27)/t22-/m1/s1. The van der Waals surface area contributed by atoms with Gasteiger partial charge >= 0.3 is 0 Å². The smallest absolute Gasteiger partial charge is 0.247 e. The van der Waals surface area contributed by atoms with E-state index in [2.05, 4.69) is 5.32 Å². The summed E-state index contributed by atoms with van der Waals surface area (Å²) in [7, 11) is -3.62. The number of benzene rings is 1. The van der Waals surface area contributed by atoms with E-state index in [1.165, 1.54) is 17.7 Å². The molecule has 2 aliphatic rings. The fraction of sp³-hybridized carbons (Fsp3) is 0.636. The first kappa shape index (κ1) is 22.7. The molecule has 1 aliphatic carbocycles. The Kier molecular flexibility index (Phi) is 6.57. The van der Waals surface area contributed by atoms with E-state index in [1.807, 2.05) is 32.0 Å². The lowest BCUT2D eigenvalue weighted by atomic mass is 9.92. The van der Waals surface area contributed by atoms with E-state index in [0.29, 0.717) is 5.69 Å². The highest BCUT2D eigenvalue weighted by molar-refractivity contribution is 7.88. The number of hydrogen-bond donors (Lipinski definition) is 1. The minimum atomic E-state index is -3.62. The van der Waals surface area contributed by atoms with Crippen molar-refractivity contribution < 1.29 is 18.0 Å². The average molecular weight is 436 g/mol. The highest BCUT2D eigenvalue weighted by Crippen LogP contribution is 2.33. The zero-order chi connectivity index (χ0) is 22.1. The molecule has 0 bridgehead atoms. The molecule has 8 heteroatoms. The Balaban J connectivity index is 2.01. The van der Waals surface area contributed by atoms with Crippen molar-refractivity contribution in [1.82, 2.24) is 9.62 Å². The molecule has 1 aromatic rings. The number of nitrogens with zero attached hydrogens (tertiary/aromatic N) is 2. The van der Waals surface area contributed by atoms with Crippen molar-refractivity contribution in [2.45, 2.75) is 70.9 Å². The number of rotatable bonds is 4. The topological polar surface area (TPSA) is 86.8 Å². The molecule has 0 radical (unpaired) electrons. The third-order valence-electron chi connectivity index (χ3n) is 6.29. The first-order valence-electron chi connectivity index (χ1n) is 10.7. The van der Waals surface area contributed by atoms with Gasteiger partial charge in [0.25, 0.3) is 0 Å². The first-order valence-corrected chi connectivity index (χ1v) is 12.5. The maximum absolute atomic E-state index is 13.6. The van der Waals surface area contributed by atoms with Crippen LogP contribution in [0.25, 0.3) is 0 Å². The summed E-state index contributed by atoms with van der Waals surface area (Å²) < 4.78 is 25.6. The van der Waals surface area contributed by atoms with Crippen molar-refractivity contribution in [3.63, 3.8) is 0 Å². The Bertz CT molecular complexity index is 922. The van der Waals surface area contributed by atoms with Crippen molar-refractivity contribution in [3.05, 3.63) is 29.3 Å². The van der Waals surface area contributed by atoms with Gasteiger partial charge in [0.2, 0.25) is 21.8 Å². The van der Waals surface area contributed by atoms with E-state index in [-0.39, 0.29) is 30.9 Å². The molecule has 30 heavy (non-hydrogen) atoms. The van der Waals surface area contributed by atoms with Crippen LogP contribution in [0.5, 0.6) is 0 Å². The summed E-state index contributed by atoms with van der Waals surface area (Å²) in [6.45, 7) is 5.18. The number of aryl methyl sites for hydroxylation is 2. The van der Waals surface area contributed by atoms with Gasteiger partial charge in [-0.15, -0.1) is 0 Å². The Morgan fingerprint density at radius 3 is 2.37 bits per heavy atom. The lowest BCUT2D eigenvalue weighted by Gasteiger charge is -2.47.